The maximum absolute atomic E-state index is 11.2. The molecule has 19 heavy (non-hydrogen) atoms. The van der Waals surface area contributed by atoms with E-state index in [9.17, 15) is 8.42 Å². The van der Waals surface area contributed by atoms with Crippen LogP contribution >= 0.6 is 10.7 Å². The summed E-state index contributed by atoms with van der Waals surface area (Å²) in [5.74, 6) is 0.686. The van der Waals surface area contributed by atoms with E-state index in [-0.39, 0.29) is 5.75 Å². The van der Waals surface area contributed by atoms with Crippen LogP contribution in [0.2, 0.25) is 0 Å². The van der Waals surface area contributed by atoms with Crippen molar-refractivity contribution in [2.75, 3.05) is 0 Å². The van der Waals surface area contributed by atoms with Crippen LogP contribution in [-0.2, 0) is 21.2 Å². The molecule has 0 aliphatic heterocycles. The van der Waals surface area contributed by atoms with E-state index in [2.05, 4.69) is 18.1 Å². The molecule has 1 aromatic heterocycles. The van der Waals surface area contributed by atoms with Crippen molar-refractivity contribution in [2.45, 2.75) is 25.0 Å². The van der Waals surface area contributed by atoms with Gasteiger partial charge in [-0.15, -0.1) is 0 Å². The number of benzene rings is 1. The Balaban J connectivity index is 2.14. The predicted molar refractivity (Wildman–Crippen MR) is 72.5 cm³/mol. The summed E-state index contributed by atoms with van der Waals surface area (Å²) < 4.78 is 27.7. The summed E-state index contributed by atoms with van der Waals surface area (Å²) in [6.07, 6.45) is 0.720. The van der Waals surface area contributed by atoms with Crippen LogP contribution in [0.5, 0.6) is 0 Å². The average molecular weight is 298 g/mol. The number of halogens is 1. The maximum Gasteiger partial charge on any atom is 0.238 e. The molecule has 0 bridgehead atoms. The first-order chi connectivity index (χ1) is 8.96. The van der Waals surface area contributed by atoms with Crippen LogP contribution in [0.3, 0.4) is 0 Å². The third kappa shape index (κ3) is 2.28. The average Bonchev–Trinajstić information content (AvgIpc) is 2.71. The Morgan fingerprint density at radius 2 is 2.16 bits per heavy atom. The van der Waals surface area contributed by atoms with Gasteiger partial charge in [-0.3, -0.25) is 0 Å². The van der Waals surface area contributed by atoms with Crippen LogP contribution in [0.25, 0.3) is 11.3 Å². The van der Waals surface area contributed by atoms with Gasteiger partial charge in [0.2, 0.25) is 9.05 Å². The third-order valence-electron chi connectivity index (χ3n) is 3.43. The maximum atomic E-state index is 11.2. The molecule has 1 unspecified atom stereocenters. The molecular weight excluding hydrogens is 286 g/mol. The van der Waals surface area contributed by atoms with Crippen molar-refractivity contribution in [2.24, 2.45) is 0 Å². The van der Waals surface area contributed by atoms with Crippen LogP contribution < -0.4 is 0 Å². The van der Waals surface area contributed by atoms with Crippen molar-refractivity contribution in [3.63, 3.8) is 0 Å². The van der Waals surface area contributed by atoms with E-state index >= 15 is 0 Å². The van der Waals surface area contributed by atoms with Crippen LogP contribution in [0.4, 0.5) is 0 Å². The minimum absolute atomic E-state index is 0.289. The minimum atomic E-state index is -3.63. The quantitative estimate of drug-likeness (QED) is 0.799. The molecule has 4 nitrogen and oxygen atoms in total. The van der Waals surface area contributed by atoms with Crippen molar-refractivity contribution < 1.29 is 12.9 Å². The zero-order chi connectivity index (χ0) is 13.6. The third-order valence-corrected chi connectivity index (χ3v) is 4.37. The molecule has 3 rings (SSSR count). The molecule has 1 atom stereocenters. The van der Waals surface area contributed by atoms with E-state index < -0.39 is 9.05 Å². The summed E-state index contributed by atoms with van der Waals surface area (Å²) in [6, 6.07) is 7.94. The molecule has 0 saturated heterocycles. The van der Waals surface area contributed by atoms with Crippen molar-refractivity contribution in [1.29, 1.82) is 0 Å². The SMILES string of the molecule is CC1Cc2c(CS(=O)(=O)Cl)noc2-c2ccccc21. The predicted octanol–water partition coefficient (Wildman–Crippen LogP) is 3.07. The van der Waals surface area contributed by atoms with E-state index in [4.69, 9.17) is 15.2 Å². The smallest absolute Gasteiger partial charge is 0.238 e. The molecule has 1 aliphatic carbocycles. The van der Waals surface area contributed by atoms with E-state index in [0.29, 0.717) is 17.4 Å². The lowest BCUT2D eigenvalue weighted by molar-refractivity contribution is 0.424. The van der Waals surface area contributed by atoms with Gasteiger partial charge in [0.15, 0.2) is 5.76 Å². The molecule has 1 aliphatic rings. The van der Waals surface area contributed by atoms with Gasteiger partial charge in [-0.25, -0.2) is 8.42 Å². The van der Waals surface area contributed by atoms with E-state index in [1.54, 1.807) is 0 Å². The van der Waals surface area contributed by atoms with Crippen LogP contribution in [0, 0.1) is 0 Å². The molecule has 100 valence electrons. The Hall–Kier alpha value is -1.33. The van der Waals surface area contributed by atoms with Crippen molar-refractivity contribution in [3.05, 3.63) is 41.1 Å². The largest absolute Gasteiger partial charge is 0.356 e. The second-order valence-corrected chi connectivity index (χ2v) is 7.59. The number of hydrogen-bond acceptors (Lipinski definition) is 4. The van der Waals surface area contributed by atoms with Crippen molar-refractivity contribution in [1.82, 2.24) is 5.16 Å². The molecule has 0 radical (unpaired) electrons. The van der Waals surface area contributed by atoms with Gasteiger partial charge in [0.1, 0.15) is 11.4 Å². The van der Waals surface area contributed by atoms with Gasteiger partial charge in [-0.1, -0.05) is 36.3 Å². The van der Waals surface area contributed by atoms with Gasteiger partial charge in [-0.05, 0) is 17.9 Å². The highest BCUT2D eigenvalue weighted by Crippen LogP contribution is 2.41. The monoisotopic (exact) mass is 297 g/mol. The molecule has 0 N–H and O–H groups in total. The number of fused-ring (bicyclic) bond motifs is 3. The second kappa shape index (κ2) is 4.35. The summed E-state index contributed by atoms with van der Waals surface area (Å²) in [6.45, 7) is 2.10. The fraction of sp³-hybridized carbons (Fsp3) is 0.308. The lowest BCUT2D eigenvalue weighted by Crippen LogP contribution is -2.09. The van der Waals surface area contributed by atoms with Crippen LogP contribution in [0.15, 0.2) is 28.8 Å². The molecule has 0 fully saturated rings. The van der Waals surface area contributed by atoms with Crippen LogP contribution in [-0.4, -0.2) is 13.6 Å². The van der Waals surface area contributed by atoms with Gasteiger partial charge < -0.3 is 4.52 Å². The summed E-state index contributed by atoms with van der Waals surface area (Å²) >= 11 is 0. The van der Waals surface area contributed by atoms with Gasteiger partial charge >= 0.3 is 0 Å². The van der Waals surface area contributed by atoms with E-state index in [0.717, 1.165) is 17.5 Å². The minimum Gasteiger partial charge on any atom is -0.356 e. The molecule has 1 heterocycles. The fourth-order valence-electron chi connectivity index (χ4n) is 2.59. The lowest BCUT2D eigenvalue weighted by Gasteiger charge is -2.21. The number of nitrogens with zero attached hydrogens (tertiary/aromatic N) is 1. The molecule has 0 saturated carbocycles. The summed E-state index contributed by atoms with van der Waals surface area (Å²) in [7, 11) is 1.67. The van der Waals surface area contributed by atoms with Gasteiger partial charge in [0, 0.05) is 21.8 Å². The van der Waals surface area contributed by atoms with Gasteiger partial charge in [0.25, 0.3) is 0 Å². The van der Waals surface area contributed by atoms with Crippen LogP contribution in [0.1, 0.15) is 29.7 Å². The normalized spacial score (nSPS) is 17.9. The number of rotatable bonds is 2. The first-order valence-corrected chi connectivity index (χ1v) is 8.42. The second-order valence-electron chi connectivity index (χ2n) is 4.81. The molecule has 0 amide bonds. The first kappa shape index (κ1) is 12.7. The highest BCUT2D eigenvalue weighted by molar-refractivity contribution is 8.13. The Labute approximate surface area is 115 Å². The molecule has 6 heteroatoms. The standard InChI is InChI=1S/C13H12ClNO3S/c1-8-6-11-12(7-19(14,16)17)15-18-13(11)10-5-3-2-4-9(8)10/h2-5,8H,6-7H2,1H3. The number of aromatic nitrogens is 1. The zero-order valence-electron chi connectivity index (χ0n) is 10.3. The van der Waals surface area contributed by atoms with Gasteiger partial charge in [-0.2, -0.15) is 0 Å². The van der Waals surface area contributed by atoms with E-state index in [1.807, 2.05) is 18.2 Å². The topological polar surface area (TPSA) is 60.2 Å². The Morgan fingerprint density at radius 3 is 2.89 bits per heavy atom. The highest BCUT2D eigenvalue weighted by Gasteiger charge is 2.29. The summed E-state index contributed by atoms with van der Waals surface area (Å²) in [4.78, 5) is 0. The summed E-state index contributed by atoms with van der Waals surface area (Å²) in [5.41, 5.74) is 3.47. The highest BCUT2D eigenvalue weighted by atomic mass is 35.7. The Bertz CT molecular complexity index is 736. The van der Waals surface area contributed by atoms with E-state index in [1.165, 1.54) is 5.56 Å². The summed E-state index contributed by atoms with van der Waals surface area (Å²) in [5, 5.41) is 3.88. The van der Waals surface area contributed by atoms with Crippen molar-refractivity contribution >= 4 is 19.7 Å². The molecule has 1 aromatic carbocycles. The zero-order valence-corrected chi connectivity index (χ0v) is 11.8. The molecule has 0 spiro atoms. The fourth-order valence-corrected chi connectivity index (χ4v) is 3.45. The Kier molecular flexibility index (Phi) is 2.91. The number of hydrogen-bond donors (Lipinski definition) is 0. The molecular formula is C13H12ClNO3S. The van der Waals surface area contributed by atoms with Crippen molar-refractivity contribution in [3.8, 4) is 11.3 Å². The van der Waals surface area contributed by atoms with Gasteiger partial charge in [0.05, 0.1) is 0 Å². The first-order valence-electron chi connectivity index (χ1n) is 5.95. The lowest BCUT2D eigenvalue weighted by atomic mass is 9.82. The Morgan fingerprint density at radius 1 is 1.42 bits per heavy atom. The molecule has 2 aromatic rings.